The zero-order valence-electron chi connectivity index (χ0n) is 9.37. The van der Waals surface area contributed by atoms with Gasteiger partial charge in [-0.3, -0.25) is 4.98 Å². The molecule has 1 saturated heterocycles. The first kappa shape index (κ1) is 11.7. The van der Waals surface area contributed by atoms with Gasteiger partial charge in [-0.1, -0.05) is 5.16 Å². The lowest BCUT2D eigenvalue weighted by atomic mass is 10.1. The van der Waals surface area contributed by atoms with Gasteiger partial charge in [0.1, 0.15) is 5.75 Å². The predicted octanol–water partition coefficient (Wildman–Crippen LogP) is 0.591. The van der Waals surface area contributed by atoms with Crippen LogP contribution in [0.5, 0.6) is 5.75 Å². The Morgan fingerprint density at radius 2 is 2.59 bits per heavy atom. The summed E-state index contributed by atoms with van der Waals surface area (Å²) < 4.78 is 10.9. The molecule has 1 aromatic rings. The van der Waals surface area contributed by atoms with Crippen LogP contribution in [0.1, 0.15) is 12.0 Å². The first-order valence-corrected chi connectivity index (χ1v) is 5.43. The highest BCUT2D eigenvalue weighted by molar-refractivity contribution is 5.99. The van der Waals surface area contributed by atoms with Gasteiger partial charge in [0.2, 0.25) is 0 Å². The van der Waals surface area contributed by atoms with Gasteiger partial charge in [0.05, 0.1) is 25.0 Å². The number of nitrogens with zero attached hydrogens (tertiary/aromatic N) is 2. The van der Waals surface area contributed by atoms with Crippen LogP contribution in [-0.4, -0.2) is 35.8 Å². The van der Waals surface area contributed by atoms with Gasteiger partial charge in [0, 0.05) is 18.7 Å². The highest BCUT2D eigenvalue weighted by Gasteiger charge is 2.17. The molecule has 0 radical (unpaired) electrons. The van der Waals surface area contributed by atoms with E-state index in [9.17, 15) is 0 Å². The third kappa shape index (κ3) is 2.85. The normalized spacial score (nSPS) is 20.5. The molecule has 6 heteroatoms. The molecule has 0 amide bonds. The number of rotatable bonds is 4. The summed E-state index contributed by atoms with van der Waals surface area (Å²) >= 11 is 0. The van der Waals surface area contributed by atoms with Gasteiger partial charge in [0.25, 0.3) is 0 Å². The van der Waals surface area contributed by atoms with Crippen LogP contribution >= 0.6 is 0 Å². The summed E-state index contributed by atoms with van der Waals surface area (Å²) in [7, 11) is 0. The summed E-state index contributed by atoms with van der Waals surface area (Å²) in [6.07, 6.45) is 4.13. The molecule has 2 heterocycles. The van der Waals surface area contributed by atoms with E-state index in [1.54, 1.807) is 18.5 Å². The largest absolute Gasteiger partial charge is 0.491 e. The van der Waals surface area contributed by atoms with E-state index in [1.165, 1.54) is 0 Å². The lowest BCUT2D eigenvalue weighted by Crippen LogP contribution is -2.17. The third-order valence-electron chi connectivity index (χ3n) is 2.67. The molecular formula is C11H15N3O3. The summed E-state index contributed by atoms with van der Waals surface area (Å²) in [5, 5.41) is 11.6. The van der Waals surface area contributed by atoms with Gasteiger partial charge in [-0.05, 0) is 12.5 Å². The molecule has 1 unspecified atom stereocenters. The minimum absolute atomic E-state index is 0.0186. The maximum absolute atomic E-state index is 8.66. The number of nitrogens with two attached hydrogens (primary N) is 1. The molecule has 0 aromatic carbocycles. The lowest BCUT2D eigenvalue weighted by Gasteiger charge is -2.12. The fourth-order valence-electron chi connectivity index (χ4n) is 1.68. The Morgan fingerprint density at radius 1 is 1.71 bits per heavy atom. The Balaban J connectivity index is 2.04. The van der Waals surface area contributed by atoms with Gasteiger partial charge in [-0.25, -0.2) is 0 Å². The molecule has 2 rings (SSSR count). The highest BCUT2D eigenvalue weighted by Crippen LogP contribution is 2.19. The van der Waals surface area contributed by atoms with Gasteiger partial charge < -0.3 is 20.4 Å². The van der Waals surface area contributed by atoms with Crippen molar-refractivity contribution in [3.05, 3.63) is 24.0 Å². The standard InChI is InChI=1S/C11H15N3O3/c12-11(14-15)9-1-3-13-5-10(9)17-7-8-2-4-16-6-8/h1,3,5,8,15H,2,4,6-7H2,(H2,12,14). The van der Waals surface area contributed by atoms with Crippen LogP contribution in [0.2, 0.25) is 0 Å². The minimum Gasteiger partial charge on any atom is -0.491 e. The van der Waals surface area contributed by atoms with Crippen molar-refractivity contribution in [1.82, 2.24) is 4.98 Å². The molecule has 1 aliphatic heterocycles. The number of pyridine rings is 1. The summed E-state index contributed by atoms with van der Waals surface area (Å²) in [6.45, 7) is 2.06. The zero-order chi connectivity index (χ0) is 12.1. The van der Waals surface area contributed by atoms with Gasteiger partial charge in [-0.2, -0.15) is 0 Å². The third-order valence-corrected chi connectivity index (χ3v) is 2.67. The van der Waals surface area contributed by atoms with Crippen LogP contribution in [0, 0.1) is 5.92 Å². The van der Waals surface area contributed by atoms with E-state index in [0.717, 1.165) is 19.6 Å². The Labute approximate surface area is 99.0 Å². The summed E-state index contributed by atoms with van der Waals surface area (Å²) in [4.78, 5) is 3.96. The Morgan fingerprint density at radius 3 is 3.29 bits per heavy atom. The smallest absolute Gasteiger partial charge is 0.173 e. The molecule has 92 valence electrons. The molecule has 1 atom stereocenters. The van der Waals surface area contributed by atoms with Gasteiger partial charge in [-0.15, -0.1) is 0 Å². The van der Waals surface area contributed by atoms with Crippen LogP contribution in [0.15, 0.2) is 23.6 Å². The molecule has 0 bridgehead atoms. The molecule has 1 fully saturated rings. The van der Waals surface area contributed by atoms with Crippen LogP contribution in [0.3, 0.4) is 0 Å². The number of hydrogen-bond acceptors (Lipinski definition) is 5. The number of oxime groups is 1. The second-order valence-electron chi connectivity index (χ2n) is 3.90. The van der Waals surface area contributed by atoms with E-state index in [-0.39, 0.29) is 5.84 Å². The number of hydrogen-bond donors (Lipinski definition) is 2. The van der Waals surface area contributed by atoms with Gasteiger partial charge >= 0.3 is 0 Å². The molecule has 0 aliphatic carbocycles. The molecule has 1 aliphatic rings. The summed E-state index contributed by atoms with van der Waals surface area (Å²) in [6, 6.07) is 1.65. The predicted molar refractivity (Wildman–Crippen MR) is 61.2 cm³/mol. The summed E-state index contributed by atoms with van der Waals surface area (Å²) in [5.74, 6) is 0.940. The van der Waals surface area contributed by atoms with Crippen molar-refractivity contribution >= 4 is 5.84 Å². The molecule has 0 saturated carbocycles. The Bertz CT molecular complexity index is 403. The monoisotopic (exact) mass is 237 g/mol. The van der Waals surface area contributed by atoms with Crippen LogP contribution in [0.4, 0.5) is 0 Å². The van der Waals surface area contributed by atoms with Crippen molar-refractivity contribution in [3.63, 3.8) is 0 Å². The molecule has 3 N–H and O–H groups in total. The fraction of sp³-hybridized carbons (Fsp3) is 0.455. The minimum atomic E-state index is 0.0186. The van der Waals surface area contributed by atoms with E-state index in [0.29, 0.717) is 23.8 Å². The average molecular weight is 237 g/mol. The highest BCUT2D eigenvalue weighted by atomic mass is 16.5. The van der Waals surface area contributed by atoms with E-state index in [1.807, 2.05) is 0 Å². The Kier molecular flexibility index (Phi) is 3.77. The maximum atomic E-state index is 8.66. The fourth-order valence-corrected chi connectivity index (χ4v) is 1.68. The average Bonchev–Trinajstić information content (AvgIpc) is 2.89. The molecular weight excluding hydrogens is 222 g/mol. The Hall–Kier alpha value is -1.82. The molecule has 0 spiro atoms. The van der Waals surface area contributed by atoms with Crippen molar-refractivity contribution < 1.29 is 14.7 Å². The van der Waals surface area contributed by atoms with Crippen LogP contribution in [-0.2, 0) is 4.74 Å². The van der Waals surface area contributed by atoms with Crippen molar-refractivity contribution in [2.75, 3.05) is 19.8 Å². The van der Waals surface area contributed by atoms with Crippen molar-refractivity contribution in [2.24, 2.45) is 16.8 Å². The first-order chi connectivity index (χ1) is 8.31. The van der Waals surface area contributed by atoms with E-state index >= 15 is 0 Å². The van der Waals surface area contributed by atoms with Gasteiger partial charge in [0.15, 0.2) is 5.84 Å². The van der Waals surface area contributed by atoms with Crippen molar-refractivity contribution in [1.29, 1.82) is 0 Å². The molecule has 1 aromatic heterocycles. The molecule has 17 heavy (non-hydrogen) atoms. The number of ether oxygens (including phenoxy) is 2. The summed E-state index contributed by atoms with van der Waals surface area (Å²) in [5.41, 5.74) is 6.09. The first-order valence-electron chi connectivity index (χ1n) is 5.43. The maximum Gasteiger partial charge on any atom is 0.173 e. The molecule has 6 nitrogen and oxygen atoms in total. The quantitative estimate of drug-likeness (QED) is 0.346. The van der Waals surface area contributed by atoms with Crippen molar-refractivity contribution in [2.45, 2.75) is 6.42 Å². The van der Waals surface area contributed by atoms with E-state index < -0.39 is 0 Å². The SMILES string of the molecule is N/C(=N/O)c1ccncc1OCC1CCOC1. The number of aromatic nitrogens is 1. The zero-order valence-corrected chi connectivity index (χ0v) is 9.37. The number of amidine groups is 1. The topological polar surface area (TPSA) is 90.0 Å². The lowest BCUT2D eigenvalue weighted by molar-refractivity contribution is 0.167. The van der Waals surface area contributed by atoms with Crippen molar-refractivity contribution in [3.8, 4) is 5.75 Å². The second kappa shape index (κ2) is 5.49. The second-order valence-corrected chi connectivity index (χ2v) is 3.90. The van der Waals surface area contributed by atoms with E-state index in [2.05, 4.69) is 10.1 Å². The van der Waals surface area contributed by atoms with Crippen LogP contribution < -0.4 is 10.5 Å². The van der Waals surface area contributed by atoms with E-state index in [4.69, 9.17) is 20.4 Å². The van der Waals surface area contributed by atoms with Crippen LogP contribution in [0.25, 0.3) is 0 Å².